The van der Waals surface area contributed by atoms with Crippen molar-refractivity contribution in [3.63, 3.8) is 0 Å². The number of nitrogens with one attached hydrogen (secondary N) is 1. The number of anilines is 1. The largest absolute Gasteiger partial charge is 0.494 e. The number of nitro groups is 2. The molecule has 12 nitrogen and oxygen atoms in total. The van der Waals surface area contributed by atoms with Gasteiger partial charge < -0.3 is 10.1 Å². The highest BCUT2D eigenvalue weighted by Gasteiger charge is 2.15. The van der Waals surface area contributed by atoms with Crippen LogP contribution in [0.2, 0.25) is 0 Å². The van der Waals surface area contributed by atoms with E-state index in [1.165, 1.54) is 37.4 Å². The van der Waals surface area contributed by atoms with Gasteiger partial charge in [-0.1, -0.05) is 0 Å². The molecule has 0 bridgehead atoms. The van der Waals surface area contributed by atoms with Crippen molar-refractivity contribution < 1.29 is 19.4 Å². The number of nitro benzene ring substituents is 2. The Kier molecular flexibility index (Phi) is 5.17. The Balaban J connectivity index is 1.84. The normalized spacial score (nSPS) is 10.5. The van der Waals surface area contributed by atoms with E-state index in [-0.39, 0.29) is 40.3 Å². The molecule has 0 radical (unpaired) electrons. The first-order chi connectivity index (χ1) is 13.8. The van der Waals surface area contributed by atoms with Crippen LogP contribution in [0.4, 0.5) is 17.1 Å². The number of carbonyl (C=O) groups excluding carboxylic acids is 1. The molecule has 0 saturated heterocycles. The summed E-state index contributed by atoms with van der Waals surface area (Å²) in [5, 5.41) is 24.3. The molecule has 0 aliphatic heterocycles. The minimum atomic E-state index is -0.600. The van der Waals surface area contributed by atoms with Gasteiger partial charge in [-0.25, -0.2) is 4.98 Å². The van der Waals surface area contributed by atoms with Crippen LogP contribution in [-0.4, -0.2) is 32.4 Å². The van der Waals surface area contributed by atoms with Crippen molar-refractivity contribution in [2.45, 2.75) is 6.54 Å². The summed E-state index contributed by atoms with van der Waals surface area (Å²) >= 11 is 0. The molecule has 12 heteroatoms. The maximum Gasteiger partial charge on any atom is 0.273 e. The minimum Gasteiger partial charge on any atom is -0.494 e. The molecule has 1 amide bonds. The van der Waals surface area contributed by atoms with E-state index in [9.17, 15) is 29.8 Å². The van der Waals surface area contributed by atoms with Gasteiger partial charge in [-0.15, -0.1) is 0 Å². The zero-order valence-electron chi connectivity index (χ0n) is 14.9. The standard InChI is InChI=1S/C17H13N5O7/c1-29-15-7-11(22(27)28)3-5-13(15)19-16(23)8-20-9-18-14-6-10(21(25)26)2-4-12(14)17(20)24/h2-7,9H,8H2,1H3,(H,19,23). The first-order valence-corrected chi connectivity index (χ1v) is 8.06. The molecule has 29 heavy (non-hydrogen) atoms. The molecule has 0 unspecified atom stereocenters. The molecule has 3 aromatic rings. The molecule has 0 atom stereocenters. The SMILES string of the molecule is COc1cc([N+](=O)[O-])ccc1NC(=O)Cn1cnc2cc([N+](=O)[O-])ccc2c1=O. The van der Waals surface area contributed by atoms with E-state index in [4.69, 9.17) is 4.74 Å². The molecular weight excluding hydrogens is 386 g/mol. The van der Waals surface area contributed by atoms with Crippen molar-refractivity contribution in [1.29, 1.82) is 0 Å². The zero-order chi connectivity index (χ0) is 21.1. The molecule has 1 aromatic heterocycles. The lowest BCUT2D eigenvalue weighted by Gasteiger charge is -2.11. The highest BCUT2D eigenvalue weighted by Crippen LogP contribution is 2.29. The lowest BCUT2D eigenvalue weighted by Crippen LogP contribution is -2.28. The Morgan fingerprint density at radius 1 is 1.14 bits per heavy atom. The Hall–Kier alpha value is -4.35. The molecule has 0 aliphatic rings. The molecule has 0 fully saturated rings. The predicted octanol–water partition coefficient (Wildman–Crippen LogP) is 1.86. The van der Waals surface area contributed by atoms with Crippen molar-refractivity contribution in [2.24, 2.45) is 0 Å². The fourth-order valence-electron chi connectivity index (χ4n) is 2.61. The maximum absolute atomic E-state index is 12.5. The van der Waals surface area contributed by atoms with Crippen molar-refractivity contribution in [3.05, 3.63) is 73.3 Å². The predicted molar refractivity (Wildman–Crippen MR) is 101 cm³/mol. The van der Waals surface area contributed by atoms with Crippen molar-refractivity contribution >= 4 is 33.9 Å². The number of hydrogen-bond acceptors (Lipinski definition) is 8. The van der Waals surface area contributed by atoms with Gasteiger partial charge in [0.2, 0.25) is 5.91 Å². The van der Waals surface area contributed by atoms with Crippen LogP contribution in [0.1, 0.15) is 0 Å². The van der Waals surface area contributed by atoms with Gasteiger partial charge in [0, 0.05) is 18.2 Å². The molecule has 0 saturated carbocycles. The zero-order valence-corrected chi connectivity index (χ0v) is 14.9. The van der Waals surface area contributed by atoms with Crippen LogP contribution in [0.15, 0.2) is 47.5 Å². The molecule has 0 aliphatic carbocycles. The Labute approximate surface area is 161 Å². The average molecular weight is 399 g/mol. The Bertz CT molecular complexity index is 1200. The number of fused-ring (bicyclic) bond motifs is 1. The third kappa shape index (κ3) is 4.00. The van der Waals surface area contributed by atoms with Crippen LogP contribution in [0.25, 0.3) is 10.9 Å². The number of benzene rings is 2. The summed E-state index contributed by atoms with van der Waals surface area (Å²) in [5.74, 6) is -0.508. The first kappa shape index (κ1) is 19.4. The van der Waals surface area contributed by atoms with E-state index in [1.54, 1.807) is 0 Å². The lowest BCUT2D eigenvalue weighted by atomic mass is 10.2. The summed E-state index contributed by atoms with van der Waals surface area (Å²) in [7, 11) is 1.30. The Morgan fingerprint density at radius 3 is 2.45 bits per heavy atom. The molecule has 1 N–H and O–H groups in total. The summed E-state index contributed by atoms with van der Waals surface area (Å²) in [6.07, 6.45) is 1.11. The van der Waals surface area contributed by atoms with E-state index in [0.29, 0.717) is 0 Å². The molecule has 2 aromatic carbocycles. The van der Waals surface area contributed by atoms with Gasteiger partial charge in [0.05, 0.1) is 45.9 Å². The summed E-state index contributed by atoms with van der Waals surface area (Å²) in [6, 6.07) is 7.30. The highest BCUT2D eigenvalue weighted by molar-refractivity contribution is 5.92. The third-order valence-electron chi connectivity index (χ3n) is 4.00. The first-order valence-electron chi connectivity index (χ1n) is 8.06. The second kappa shape index (κ2) is 7.72. The lowest BCUT2D eigenvalue weighted by molar-refractivity contribution is -0.385. The van der Waals surface area contributed by atoms with Crippen LogP contribution < -0.4 is 15.6 Å². The summed E-state index contributed by atoms with van der Waals surface area (Å²) in [4.78, 5) is 49.3. The Morgan fingerprint density at radius 2 is 1.79 bits per heavy atom. The van der Waals surface area contributed by atoms with Gasteiger partial charge in [-0.2, -0.15) is 0 Å². The van der Waals surface area contributed by atoms with E-state index in [2.05, 4.69) is 10.3 Å². The number of non-ortho nitro benzene ring substituents is 2. The number of carbonyl (C=O) groups is 1. The average Bonchev–Trinajstić information content (AvgIpc) is 2.69. The topological polar surface area (TPSA) is 160 Å². The van der Waals surface area contributed by atoms with Gasteiger partial charge in [0.1, 0.15) is 12.3 Å². The van der Waals surface area contributed by atoms with Gasteiger partial charge in [-0.05, 0) is 12.1 Å². The second-order valence-electron chi connectivity index (χ2n) is 5.83. The summed E-state index contributed by atoms with van der Waals surface area (Å²) in [6.45, 7) is -0.390. The fourth-order valence-corrected chi connectivity index (χ4v) is 2.61. The monoisotopic (exact) mass is 399 g/mol. The number of methoxy groups -OCH3 is 1. The van der Waals surface area contributed by atoms with Crippen LogP contribution >= 0.6 is 0 Å². The quantitative estimate of drug-likeness (QED) is 0.485. The molecular formula is C17H13N5O7. The van der Waals surface area contributed by atoms with Gasteiger partial charge in [-0.3, -0.25) is 34.4 Å². The van der Waals surface area contributed by atoms with E-state index in [0.717, 1.165) is 17.0 Å². The number of nitrogens with zero attached hydrogens (tertiary/aromatic N) is 4. The van der Waals surface area contributed by atoms with Crippen LogP contribution in [0.5, 0.6) is 5.75 Å². The van der Waals surface area contributed by atoms with Gasteiger partial charge in [0.15, 0.2) is 0 Å². The van der Waals surface area contributed by atoms with Gasteiger partial charge in [0.25, 0.3) is 16.9 Å². The summed E-state index contributed by atoms with van der Waals surface area (Å²) < 4.78 is 6.09. The third-order valence-corrected chi connectivity index (χ3v) is 4.00. The number of rotatable bonds is 6. The minimum absolute atomic E-state index is 0.0869. The van der Waals surface area contributed by atoms with Crippen LogP contribution in [0, 0.1) is 20.2 Å². The van der Waals surface area contributed by atoms with Crippen LogP contribution in [0.3, 0.4) is 0 Å². The fraction of sp³-hybridized carbons (Fsp3) is 0.118. The van der Waals surface area contributed by atoms with Crippen molar-refractivity contribution in [3.8, 4) is 5.75 Å². The van der Waals surface area contributed by atoms with E-state index >= 15 is 0 Å². The van der Waals surface area contributed by atoms with Crippen LogP contribution in [-0.2, 0) is 11.3 Å². The maximum atomic E-state index is 12.5. The number of aromatic nitrogens is 2. The number of amides is 1. The molecule has 3 rings (SSSR count). The van der Waals surface area contributed by atoms with E-state index in [1.807, 2.05) is 0 Å². The number of ether oxygens (including phenoxy) is 1. The molecule has 1 heterocycles. The number of hydrogen-bond donors (Lipinski definition) is 1. The smallest absolute Gasteiger partial charge is 0.273 e. The van der Waals surface area contributed by atoms with Crippen molar-refractivity contribution in [1.82, 2.24) is 9.55 Å². The summed E-state index contributed by atoms with van der Waals surface area (Å²) in [5.41, 5.74) is -0.622. The highest BCUT2D eigenvalue weighted by atomic mass is 16.6. The second-order valence-corrected chi connectivity index (χ2v) is 5.83. The van der Waals surface area contributed by atoms with Crippen molar-refractivity contribution in [2.75, 3.05) is 12.4 Å². The van der Waals surface area contributed by atoms with E-state index < -0.39 is 21.3 Å². The van der Waals surface area contributed by atoms with Gasteiger partial charge >= 0.3 is 0 Å². The molecule has 148 valence electrons. The molecule has 0 spiro atoms.